The average Bonchev–Trinajstić information content (AvgIpc) is 3.40. The third kappa shape index (κ3) is 8.31. The second kappa shape index (κ2) is 14.6. The molecule has 2 aromatic carbocycles. The van der Waals surface area contributed by atoms with Crippen LogP contribution in [-0.4, -0.2) is 93.7 Å². The molecule has 12 nitrogen and oxygen atoms in total. The fourth-order valence-corrected chi connectivity index (χ4v) is 5.83. The topological polar surface area (TPSA) is 166 Å². The standard InChI is InChI=1S/C31H38N4O8/c1-20(33-24(29(38)39)13-12-21-8-4-2-5-9-21)28(37)35-25(30(40)41)16-23-14-15-34(18-26(23)35)27(36)17-32-31(42)43-19-22-10-6-3-7-11-22/h2-11,20,23-26,33H,12-19H2,1H3,(H,32,42)(H,38,39)(H,40,41)/t20-,23-,24+,25-,26-/m0/s1. The number of likely N-dealkylation sites (tertiary alicyclic amines) is 2. The van der Waals surface area contributed by atoms with Gasteiger partial charge in [0, 0.05) is 13.1 Å². The van der Waals surface area contributed by atoms with Gasteiger partial charge in [-0.05, 0) is 49.7 Å². The highest BCUT2D eigenvalue weighted by molar-refractivity contribution is 5.89. The van der Waals surface area contributed by atoms with E-state index in [1.807, 2.05) is 60.7 Å². The van der Waals surface area contributed by atoms with E-state index >= 15 is 0 Å². The summed E-state index contributed by atoms with van der Waals surface area (Å²) in [5, 5.41) is 25.1. The monoisotopic (exact) mass is 594 g/mol. The summed E-state index contributed by atoms with van der Waals surface area (Å²) in [6, 6.07) is 14.9. The molecule has 2 aliphatic heterocycles. The Kier molecular flexibility index (Phi) is 10.7. The van der Waals surface area contributed by atoms with Gasteiger partial charge in [-0.25, -0.2) is 9.59 Å². The maximum absolute atomic E-state index is 13.7. The SMILES string of the molecule is C[C@H](N[C@H](CCc1ccccc1)C(=O)O)C(=O)N1[C@H](C(=O)O)C[C@@H]2CCN(C(=O)CNC(=O)OCc3ccccc3)C[C@@H]21. The maximum atomic E-state index is 13.7. The average molecular weight is 595 g/mol. The van der Waals surface area contributed by atoms with Crippen molar-refractivity contribution in [2.75, 3.05) is 19.6 Å². The first-order valence-electron chi connectivity index (χ1n) is 14.4. The third-order valence-electron chi connectivity index (χ3n) is 8.11. The van der Waals surface area contributed by atoms with Crippen LogP contribution in [0.3, 0.4) is 0 Å². The Morgan fingerprint density at radius 2 is 1.63 bits per heavy atom. The number of amides is 3. The molecule has 0 unspecified atom stereocenters. The number of hydrogen-bond donors (Lipinski definition) is 4. The molecule has 0 spiro atoms. The van der Waals surface area contributed by atoms with E-state index in [0.717, 1.165) is 11.1 Å². The van der Waals surface area contributed by atoms with Crippen LogP contribution in [0.5, 0.6) is 0 Å². The van der Waals surface area contributed by atoms with E-state index in [9.17, 15) is 34.2 Å². The van der Waals surface area contributed by atoms with E-state index in [2.05, 4.69) is 10.6 Å². The number of carboxylic acids is 2. The van der Waals surface area contributed by atoms with Crippen LogP contribution in [0, 0.1) is 5.92 Å². The molecule has 2 aliphatic rings. The van der Waals surface area contributed by atoms with Gasteiger partial charge in [0.05, 0.1) is 12.1 Å². The van der Waals surface area contributed by atoms with Crippen molar-refractivity contribution < 1.29 is 38.9 Å². The number of carbonyl (C=O) groups excluding carboxylic acids is 3. The largest absolute Gasteiger partial charge is 0.480 e. The third-order valence-corrected chi connectivity index (χ3v) is 8.11. The van der Waals surface area contributed by atoms with Crippen molar-refractivity contribution in [2.24, 2.45) is 5.92 Å². The summed E-state index contributed by atoms with van der Waals surface area (Å²) in [6.07, 6.45) is 0.743. The molecule has 5 atom stereocenters. The molecule has 0 bridgehead atoms. The van der Waals surface area contributed by atoms with Crippen molar-refractivity contribution in [3.63, 3.8) is 0 Å². The first-order valence-corrected chi connectivity index (χ1v) is 14.4. The van der Waals surface area contributed by atoms with Crippen molar-refractivity contribution in [3.8, 4) is 0 Å². The molecule has 12 heteroatoms. The van der Waals surface area contributed by atoms with Crippen LogP contribution >= 0.6 is 0 Å². The second-order valence-electron chi connectivity index (χ2n) is 11.0. The van der Waals surface area contributed by atoms with Gasteiger partial charge in [0.25, 0.3) is 0 Å². The number of nitrogens with zero attached hydrogens (tertiary/aromatic N) is 2. The Morgan fingerprint density at radius 1 is 0.977 bits per heavy atom. The van der Waals surface area contributed by atoms with Gasteiger partial charge >= 0.3 is 18.0 Å². The summed E-state index contributed by atoms with van der Waals surface area (Å²) in [6.45, 7) is 1.76. The van der Waals surface area contributed by atoms with Crippen LogP contribution in [-0.2, 0) is 36.9 Å². The molecule has 4 rings (SSSR count). The van der Waals surface area contributed by atoms with E-state index in [-0.39, 0.29) is 44.4 Å². The van der Waals surface area contributed by atoms with Gasteiger partial charge < -0.3 is 30.1 Å². The van der Waals surface area contributed by atoms with E-state index < -0.39 is 48.1 Å². The van der Waals surface area contributed by atoms with Gasteiger partial charge in [0.15, 0.2) is 0 Å². The molecule has 0 aliphatic carbocycles. The molecule has 0 saturated carbocycles. The van der Waals surface area contributed by atoms with Gasteiger partial charge in [-0.3, -0.25) is 19.7 Å². The Morgan fingerprint density at radius 3 is 2.26 bits per heavy atom. The van der Waals surface area contributed by atoms with Crippen molar-refractivity contribution >= 4 is 29.8 Å². The number of alkyl carbamates (subject to hydrolysis) is 1. The van der Waals surface area contributed by atoms with Gasteiger partial charge in [0.2, 0.25) is 11.8 Å². The molecule has 230 valence electrons. The molecule has 0 radical (unpaired) electrons. The predicted molar refractivity (Wildman–Crippen MR) is 155 cm³/mol. The zero-order chi connectivity index (χ0) is 30.9. The molecular formula is C31H38N4O8. The second-order valence-corrected chi connectivity index (χ2v) is 11.0. The molecular weight excluding hydrogens is 556 g/mol. The van der Waals surface area contributed by atoms with E-state index in [1.54, 1.807) is 0 Å². The van der Waals surface area contributed by atoms with Crippen LogP contribution in [0.2, 0.25) is 0 Å². The van der Waals surface area contributed by atoms with Crippen LogP contribution in [0.15, 0.2) is 60.7 Å². The Hall–Kier alpha value is -4.45. The lowest BCUT2D eigenvalue weighted by Gasteiger charge is -2.40. The summed E-state index contributed by atoms with van der Waals surface area (Å²) < 4.78 is 5.15. The minimum Gasteiger partial charge on any atom is -0.480 e. The fraction of sp³-hybridized carbons (Fsp3) is 0.452. The molecule has 0 aromatic heterocycles. The molecule has 43 heavy (non-hydrogen) atoms. The fourth-order valence-electron chi connectivity index (χ4n) is 5.83. The van der Waals surface area contributed by atoms with E-state index in [4.69, 9.17) is 4.74 Å². The normalized spacial score (nSPS) is 20.9. The number of rotatable bonds is 12. The lowest BCUT2D eigenvalue weighted by atomic mass is 9.91. The number of benzene rings is 2. The minimum absolute atomic E-state index is 0.0587. The van der Waals surface area contributed by atoms with Gasteiger partial charge in [-0.2, -0.15) is 0 Å². The number of hydrogen-bond acceptors (Lipinski definition) is 7. The molecule has 2 saturated heterocycles. The van der Waals surface area contributed by atoms with Crippen molar-refractivity contribution in [1.82, 2.24) is 20.4 Å². The lowest BCUT2D eigenvalue weighted by Crippen LogP contribution is -2.59. The van der Waals surface area contributed by atoms with Crippen molar-refractivity contribution in [1.29, 1.82) is 0 Å². The van der Waals surface area contributed by atoms with Gasteiger partial charge in [0.1, 0.15) is 25.2 Å². The maximum Gasteiger partial charge on any atom is 0.407 e. The number of aliphatic carboxylic acids is 2. The molecule has 2 heterocycles. The molecule has 3 amide bonds. The summed E-state index contributed by atoms with van der Waals surface area (Å²) in [5.74, 6) is -3.27. The Labute approximate surface area is 250 Å². The number of aryl methyl sites for hydroxylation is 1. The molecule has 2 fully saturated rings. The highest BCUT2D eigenvalue weighted by Gasteiger charge is 2.50. The summed E-state index contributed by atoms with van der Waals surface area (Å²) in [4.78, 5) is 65.7. The quantitative estimate of drug-likeness (QED) is 0.287. The summed E-state index contributed by atoms with van der Waals surface area (Å²) in [5.41, 5.74) is 1.77. The van der Waals surface area contributed by atoms with Crippen LogP contribution in [0.25, 0.3) is 0 Å². The predicted octanol–water partition coefficient (Wildman–Crippen LogP) is 1.88. The zero-order valence-corrected chi connectivity index (χ0v) is 24.1. The van der Waals surface area contributed by atoms with Crippen molar-refractivity contribution in [2.45, 2.75) is 63.4 Å². The van der Waals surface area contributed by atoms with Crippen LogP contribution in [0.1, 0.15) is 37.3 Å². The minimum atomic E-state index is -1.14. The smallest absolute Gasteiger partial charge is 0.407 e. The number of ether oxygens (including phenoxy) is 1. The summed E-state index contributed by atoms with van der Waals surface area (Å²) in [7, 11) is 0. The van der Waals surface area contributed by atoms with Gasteiger partial charge in [-0.15, -0.1) is 0 Å². The molecule has 2 aromatic rings. The van der Waals surface area contributed by atoms with Gasteiger partial charge in [-0.1, -0.05) is 60.7 Å². The zero-order valence-electron chi connectivity index (χ0n) is 24.1. The number of piperidine rings is 1. The number of fused-ring (bicyclic) bond motifs is 1. The first kappa shape index (κ1) is 31.5. The van der Waals surface area contributed by atoms with Crippen LogP contribution in [0.4, 0.5) is 4.79 Å². The summed E-state index contributed by atoms with van der Waals surface area (Å²) >= 11 is 0. The Balaban J connectivity index is 1.35. The van der Waals surface area contributed by atoms with Crippen molar-refractivity contribution in [3.05, 3.63) is 71.8 Å². The van der Waals surface area contributed by atoms with E-state index in [0.29, 0.717) is 19.4 Å². The number of nitrogens with one attached hydrogen (secondary N) is 2. The van der Waals surface area contributed by atoms with E-state index in [1.165, 1.54) is 16.7 Å². The highest BCUT2D eigenvalue weighted by Crippen LogP contribution is 2.36. The van der Waals surface area contributed by atoms with Crippen LogP contribution < -0.4 is 10.6 Å². The molecule has 4 N–H and O–H groups in total. The highest BCUT2D eigenvalue weighted by atomic mass is 16.5. The Bertz CT molecular complexity index is 1290. The number of carboxylic acid groups (broad SMARTS) is 2. The number of carbonyl (C=O) groups is 5. The lowest BCUT2D eigenvalue weighted by molar-refractivity contribution is -0.152. The first-order chi connectivity index (χ1) is 20.6.